The standard InChI is InChI=1S/C27H28Cl2F2N4O5S/c1-39-24-26(41)40-21(13-36)23(37)27(24,35-12-20(32-33-35)14-9-18(30)22(29)19(31)10-14)17-11-15(28)5-6-16(17)25(38)34-7-3-2-4-8-34/h5-6,9-12,21,23-24,26,36-37,41H,2-4,7-8,13H2,1H3/t21-,23+,24+,26-,27?/m1/s1. The second-order valence-corrected chi connectivity index (χ2v) is 11.3. The summed E-state index contributed by atoms with van der Waals surface area (Å²) in [6.45, 7) is 0.507. The zero-order valence-electron chi connectivity index (χ0n) is 21.9. The lowest BCUT2D eigenvalue weighted by Gasteiger charge is -2.51. The number of halogens is 4. The Labute approximate surface area is 250 Å². The summed E-state index contributed by atoms with van der Waals surface area (Å²) in [5.74, 6) is -2.28. The molecule has 0 spiro atoms. The van der Waals surface area contributed by atoms with E-state index in [2.05, 4.69) is 22.9 Å². The van der Waals surface area contributed by atoms with Crippen LogP contribution in [-0.2, 0) is 15.0 Å². The largest absolute Gasteiger partial charge is 0.394 e. The highest BCUT2D eigenvalue weighted by molar-refractivity contribution is 7.80. The van der Waals surface area contributed by atoms with E-state index in [0.717, 1.165) is 31.4 Å². The third-order valence-corrected chi connectivity index (χ3v) is 8.67. The Hall–Kier alpha value is -2.32. The van der Waals surface area contributed by atoms with Crippen molar-refractivity contribution in [3.8, 4) is 11.3 Å². The maximum atomic E-state index is 14.3. The molecule has 1 amide bonds. The van der Waals surface area contributed by atoms with Gasteiger partial charge in [-0.05, 0) is 55.2 Å². The number of methoxy groups -OCH3 is 1. The van der Waals surface area contributed by atoms with Crippen LogP contribution in [0.25, 0.3) is 11.3 Å². The Kier molecular flexibility index (Phi) is 8.91. The molecule has 0 bridgehead atoms. The van der Waals surface area contributed by atoms with Crippen LogP contribution in [0.5, 0.6) is 0 Å². The predicted octanol–water partition coefficient (Wildman–Crippen LogP) is 3.92. The fourth-order valence-corrected chi connectivity index (χ4v) is 6.50. The lowest BCUT2D eigenvalue weighted by molar-refractivity contribution is -0.213. The number of aliphatic hydroxyl groups excluding tert-OH is 2. The summed E-state index contributed by atoms with van der Waals surface area (Å²) in [7, 11) is 1.37. The van der Waals surface area contributed by atoms with Gasteiger partial charge in [-0.3, -0.25) is 4.79 Å². The van der Waals surface area contributed by atoms with Crippen LogP contribution in [0.1, 0.15) is 35.2 Å². The van der Waals surface area contributed by atoms with Crippen molar-refractivity contribution in [2.24, 2.45) is 0 Å². The summed E-state index contributed by atoms with van der Waals surface area (Å²) in [5.41, 5.74) is -2.32. The molecule has 5 atom stereocenters. The molecular weight excluding hydrogens is 601 g/mol. The second-order valence-electron chi connectivity index (χ2n) is 10.0. The van der Waals surface area contributed by atoms with E-state index < -0.39 is 52.6 Å². The maximum Gasteiger partial charge on any atom is 0.254 e. The van der Waals surface area contributed by atoms with Gasteiger partial charge in [0.1, 0.15) is 51.6 Å². The van der Waals surface area contributed by atoms with Gasteiger partial charge in [-0.2, -0.15) is 0 Å². The fourth-order valence-electron chi connectivity index (χ4n) is 5.72. The Morgan fingerprint density at radius 3 is 2.51 bits per heavy atom. The Bertz CT molecular complexity index is 1420. The third kappa shape index (κ3) is 5.24. The van der Waals surface area contributed by atoms with Gasteiger partial charge in [-0.15, -0.1) is 17.7 Å². The van der Waals surface area contributed by atoms with Crippen molar-refractivity contribution in [1.29, 1.82) is 0 Å². The summed E-state index contributed by atoms with van der Waals surface area (Å²) < 4.78 is 41.5. The predicted molar refractivity (Wildman–Crippen MR) is 150 cm³/mol. The second kappa shape index (κ2) is 12.1. The first-order chi connectivity index (χ1) is 19.6. The van der Waals surface area contributed by atoms with Crippen molar-refractivity contribution < 1.29 is 33.3 Å². The van der Waals surface area contributed by atoms with Crippen LogP contribution in [0.3, 0.4) is 0 Å². The van der Waals surface area contributed by atoms with Gasteiger partial charge < -0.3 is 24.6 Å². The summed E-state index contributed by atoms with van der Waals surface area (Å²) in [5, 5.41) is 30.1. The maximum absolute atomic E-state index is 14.3. The van der Waals surface area contributed by atoms with E-state index >= 15 is 0 Å². The van der Waals surface area contributed by atoms with Crippen molar-refractivity contribution in [2.75, 3.05) is 26.8 Å². The molecule has 14 heteroatoms. The molecule has 0 saturated carbocycles. The van der Waals surface area contributed by atoms with Crippen LogP contribution in [0.4, 0.5) is 8.78 Å². The van der Waals surface area contributed by atoms with E-state index in [4.69, 9.17) is 32.7 Å². The summed E-state index contributed by atoms with van der Waals surface area (Å²) in [4.78, 5) is 15.7. The smallest absolute Gasteiger partial charge is 0.254 e. The van der Waals surface area contributed by atoms with Crippen LogP contribution in [0.2, 0.25) is 10.0 Å². The Morgan fingerprint density at radius 2 is 1.88 bits per heavy atom. The minimum Gasteiger partial charge on any atom is -0.394 e. The van der Waals surface area contributed by atoms with Crippen molar-refractivity contribution in [1.82, 2.24) is 19.9 Å². The van der Waals surface area contributed by atoms with Gasteiger partial charge in [0, 0.05) is 36.3 Å². The van der Waals surface area contributed by atoms with Crippen molar-refractivity contribution in [3.05, 3.63) is 69.3 Å². The number of carbonyl (C=O) groups excluding carboxylic acids is 1. The normalized spacial score (nSPS) is 26.8. The van der Waals surface area contributed by atoms with Crippen molar-refractivity contribution in [2.45, 2.75) is 48.5 Å². The SMILES string of the molecule is CO[C@H]1[C@@H](S)O[C@H](CO)[C@H](O)C1(c1cc(Cl)ccc1C(=O)N1CCCCC1)n1cc(-c2cc(F)c(Cl)c(F)c2)nn1. The monoisotopic (exact) mass is 628 g/mol. The molecule has 1 unspecified atom stereocenters. The van der Waals surface area contributed by atoms with E-state index in [1.807, 2.05) is 0 Å². The van der Waals surface area contributed by atoms with E-state index in [-0.39, 0.29) is 33.3 Å². The number of benzene rings is 2. The zero-order valence-corrected chi connectivity index (χ0v) is 24.3. The van der Waals surface area contributed by atoms with Gasteiger partial charge in [-0.1, -0.05) is 28.4 Å². The molecular formula is C27H28Cl2F2N4O5S. The number of aliphatic hydroxyl groups is 2. The molecule has 3 aromatic rings. The van der Waals surface area contributed by atoms with Gasteiger partial charge in [0.15, 0.2) is 0 Å². The molecule has 2 fully saturated rings. The van der Waals surface area contributed by atoms with Crippen LogP contribution in [0.15, 0.2) is 36.5 Å². The van der Waals surface area contributed by atoms with E-state index in [9.17, 15) is 23.8 Å². The Morgan fingerprint density at radius 1 is 1.20 bits per heavy atom. The van der Waals surface area contributed by atoms with Gasteiger partial charge in [0.25, 0.3) is 5.91 Å². The van der Waals surface area contributed by atoms with Gasteiger partial charge in [-0.25, -0.2) is 13.5 Å². The first-order valence-electron chi connectivity index (χ1n) is 13.0. The van der Waals surface area contributed by atoms with Gasteiger partial charge >= 0.3 is 0 Å². The number of carbonyl (C=O) groups is 1. The minimum absolute atomic E-state index is 0.0261. The molecule has 3 heterocycles. The molecule has 41 heavy (non-hydrogen) atoms. The number of aromatic nitrogens is 3. The van der Waals surface area contributed by atoms with Gasteiger partial charge in [0.05, 0.1) is 12.8 Å². The highest BCUT2D eigenvalue weighted by Gasteiger charge is 2.60. The first-order valence-corrected chi connectivity index (χ1v) is 14.2. The fraction of sp³-hybridized carbons (Fsp3) is 0.444. The van der Waals surface area contributed by atoms with Crippen LogP contribution >= 0.6 is 35.8 Å². The molecule has 1 aromatic heterocycles. The molecule has 0 aliphatic carbocycles. The number of hydrogen-bond acceptors (Lipinski definition) is 8. The molecule has 9 nitrogen and oxygen atoms in total. The number of rotatable bonds is 6. The molecule has 220 valence electrons. The molecule has 5 rings (SSSR count). The van der Waals surface area contributed by atoms with E-state index in [1.54, 1.807) is 17.0 Å². The average Bonchev–Trinajstić information content (AvgIpc) is 3.47. The number of ether oxygens (including phenoxy) is 2. The van der Waals surface area contributed by atoms with Crippen molar-refractivity contribution in [3.63, 3.8) is 0 Å². The Balaban J connectivity index is 1.77. The average molecular weight is 630 g/mol. The van der Waals surface area contributed by atoms with Crippen LogP contribution in [-0.4, -0.2) is 86.6 Å². The molecule has 0 radical (unpaired) electrons. The molecule has 2 aliphatic rings. The van der Waals surface area contributed by atoms with Crippen molar-refractivity contribution >= 4 is 41.7 Å². The number of nitrogens with zero attached hydrogens (tertiary/aromatic N) is 4. The molecule has 2 N–H and O–H groups in total. The van der Waals surface area contributed by atoms with Gasteiger partial charge in [0.2, 0.25) is 0 Å². The quantitative estimate of drug-likeness (QED) is 0.280. The number of hydrogen-bond donors (Lipinski definition) is 3. The number of likely N-dealkylation sites (tertiary alicyclic amines) is 1. The van der Waals surface area contributed by atoms with E-state index in [1.165, 1.54) is 24.1 Å². The van der Waals surface area contributed by atoms with Crippen LogP contribution in [0, 0.1) is 11.6 Å². The molecule has 2 saturated heterocycles. The first kappa shape index (κ1) is 30.1. The third-order valence-electron chi connectivity index (χ3n) is 7.68. The highest BCUT2D eigenvalue weighted by atomic mass is 35.5. The van der Waals surface area contributed by atoms with E-state index in [0.29, 0.717) is 13.1 Å². The summed E-state index contributed by atoms with van der Waals surface area (Å²) in [6, 6.07) is 6.66. The number of piperidine rings is 1. The lowest BCUT2D eigenvalue weighted by atomic mass is 9.73. The molecule has 2 aliphatic heterocycles. The number of thiol groups is 1. The molecule has 2 aromatic carbocycles. The lowest BCUT2D eigenvalue weighted by Crippen LogP contribution is -2.68. The number of amides is 1. The highest BCUT2D eigenvalue weighted by Crippen LogP contribution is 2.46. The topological polar surface area (TPSA) is 110 Å². The zero-order chi connectivity index (χ0) is 29.5. The van der Waals surface area contributed by atoms with Crippen LogP contribution < -0.4 is 0 Å². The minimum atomic E-state index is -1.80. The summed E-state index contributed by atoms with van der Waals surface area (Å²) >= 11 is 16.7. The summed E-state index contributed by atoms with van der Waals surface area (Å²) in [6.07, 6.45) is 0.165.